The third-order valence-corrected chi connectivity index (χ3v) is 3.74. The molecule has 0 aliphatic rings. The first-order valence-electron chi connectivity index (χ1n) is 6.17. The van der Waals surface area contributed by atoms with Crippen molar-refractivity contribution in [1.82, 2.24) is 4.98 Å². The largest absolute Gasteiger partial charge is 0.351 e. The molecule has 1 aromatic rings. The fourth-order valence-corrected chi connectivity index (χ4v) is 2.97. The maximum absolute atomic E-state index is 5.81. The molecule has 1 rings (SSSR count). The van der Waals surface area contributed by atoms with E-state index < -0.39 is 0 Å². The summed E-state index contributed by atoms with van der Waals surface area (Å²) in [6.07, 6.45) is 0. The molecule has 0 saturated heterocycles. The van der Waals surface area contributed by atoms with E-state index in [1.54, 1.807) is 11.3 Å². The second-order valence-corrected chi connectivity index (χ2v) is 7.06. The highest BCUT2D eigenvalue weighted by Gasteiger charge is 2.23. The minimum atomic E-state index is 0.0716. The van der Waals surface area contributed by atoms with Gasteiger partial charge in [-0.15, -0.1) is 11.3 Å². The van der Waals surface area contributed by atoms with E-state index in [-0.39, 0.29) is 5.41 Å². The van der Waals surface area contributed by atoms with Gasteiger partial charge in [0.2, 0.25) is 0 Å². The van der Waals surface area contributed by atoms with Gasteiger partial charge in [-0.1, -0.05) is 34.6 Å². The maximum Gasteiger partial charge on any atom is 0.185 e. The molecule has 1 aromatic heterocycles. The van der Waals surface area contributed by atoms with Gasteiger partial charge in [0.15, 0.2) is 5.13 Å². The topological polar surface area (TPSA) is 42.2 Å². The van der Waals surface area contributed by atoms with E-state index in [1.807, 2.05) is 0 Å². The fourth-order valence-electron chi connectivity index (χ4n) is 1.85. The predicted molar refractivity (Wildman–Crippen MR) is 76.8 cm³/mol. The van der Waals surface area contributed by atoms with Crippen LogP contribution in [0.4, 0.5) is 5.13 Å². The third kappa shape index (κ3) is 3.68. The van der Waals surface area contributed by atoms with Gasteiger partial charge in [0.25, 0.3) is 0 Å². The van der Waals surface area contributed by atoms with E-state index in [0.717, 1.165) is 17.4 Å². The summed E-state index contributed by atoms with van der Waals surface area (Å²) in [6, 6.07) is 0. The summed E-state index contributed by atoms with van der Waals surface area (Å²) in [6.45, 7) is 12.6. The molecule has 2 N–H and O–H groups in total. The Kier molecular flexibility index (Phi) is 4.55. The van der Waals surface area contributed by atoms with Crippen LogP contribution in [0.5, 0.6) is 0 Å². The summed E-state index contributed by atoms with van der Waals surface area (Å²) in [7, 11) is 2.10. The quantitative estimate of drug-likeness (QED) is 0.899. The van der Waals surface area contributed by atoms with Crippen LogP contribution >= 0.6 is 11.3 Å². The minimum Gasteiger partial charge on any atom is -0.351 e. The molecule has 0 spiro atoms. The predicted octanol–water partition coefficient (Wildman–Crippen LogP) is 2.99. The number of anilines is 1. The summed E-state index contributed by atoms with van der Waals surface area (Å²) >= 11 is 1.73. The maximum atomic E-state index is 5.81. The molecule has 0 amide bonds. The molecule has 0 bridgehead atoms. The van der Waals surface area contributed by atoms with E-state index >= 15 is 0 Å². The SMILES string of the molecule is CC(C)CN(C)c1nc(C(C)(C)C)c(CN)s1. The van der Waals surface area contributed by atoms with Gasteiger partial charge < -0.3 is 10.6 Å². The van der Waals surface area contributed by atoms with Gasteiger partial charge in [-0.25, -0.2) is 4.98 Å². The zero-order valence-corrected chi connectivity index (χ0v) is 12.7. The van der Waals surface area contributed by atoms with Crippen LogP contribution in [0.3, 0.4) is 0 Å². The third-order valence-electron chi connectivity index (χ3n) is 2.55. The van der Waals surface area contributed by atoms with Crippen molar-refractivity contribution in [1.29, 1.82) is 0 Å². The van der Waals surface area contributed by atoms with Crippen molar-refractivity contribution in [3.05, 3.63) is 10.6 Å². The Balaban J connectivity index is 3.00. The molecule has 0 aromatic carbocycles. The minimum absolute atomic E-state index is 0.0716. The van der Waals surface area contributed by atoms with E-state index in [9.17, 15) is 0 Å². The van der Waals surface area contributed by atoms with Gasteiger partial charge in [0, 0.05) is 30.4 Å². The molecule has 0 aliphatic heterocycles. The standard InChI is InChI=1S/C13H25N3S/c1-9(2)8-16(6)12-15-11(13(3,4)5)10(7-14)17-12/h9H,7-8,14H2,1-6H3. The Labute approximate surface area is 109 Å². The van der Waals surface area contributed by atoms with E-state index in [1.165, 1.54) is 4.88 Å². The van der Waals surface area contributed by atoms with Crippen LogP contribution in [0.15, 0.2) is 0 Å². The fraction of sp³-hybridized carbons (Fsp3) is 0.769. The number of rotatable bonds is 4. The lowest BCUT2D eigenvalue weighted by atomic mass is 9.91. The molecular formula is C13H25N3S. The zero-order valence-electron chi connectivity index (χ0n) is 11.9. The van der Waals surface area contributed by atoms with Gasteiger partial charge in [-0.2, -0.15) is 0 Å². The molecule has 0 saturated carbocycles. The summed E-state index contributed by atoms with van der Waals surface area (Å²) in [5, 5.41) is 1.09. The van der Waals surface area contributed by atoms with E-state index in [0.29, 0.717) is 12.5 Å². The first-order valence-corrected chi connectivity index (χ1v) is 6.98. The normalized spacial score (nSPS) is 12.2. The monoisotopic (exact) mass is 255 g/mol. The Bertz CT molecular complexity index is 363. The highest BCUT2D eigenvalue weighted by Crippen LogP contribution is 2.33. The van der Waals surface area contributed by atoms with Crippen LogP contribution in [0.25, 0.3) is 0 Å². The highest BCUT2D eigenvalue weighted by molar-refractivity contribution is 7.15. The van der Waals surface area contributed by atoms with Crippen molar-refractivity contribution in [3.8, 4) is 0 Å². The van der Waals surface area contributed by atoms with Gasteiger partial charge >= 0.3 is 0 Å². The van der Waals surface area contributed by atoms with Crippen molar-refractivity contribution in [2.75, 3.05) is 18.5 Å². The molecule has 0 aliphatic carbocycles. The average Bonchev–Trinajstić information content (AvgIpc) is 2.59. The lowest BCUT2D eigenvalue weighted by Crippen LogP contribution is -2.22. The van der Waals surface area contributed by atoms with Gasteiger partial charge in [-0.3, -0.25) is 0 Å². The van der Waals surface area contributed by atoms with Crippen molar-refractivity contribution >= 4 is 16.5 Å². The van der Waals surface area contributed by atoms with Crippen LogP contribution in [0, 0.1) is 5.92 Å². The lowest BCUT2D eigenvalue weighted by Gasteiger charge is -2.19. The molecule has 0 fully saturated rings. The highest BCUT2D eigenvalue weighted by atomic mass is 32.1. The van der Waals surface area contributed by atoms with Crippen molar-refractivity contribution in [2.24, 2.45) is 11.7 Å². The van der Waals surface area contributed by atoms with E-state index in [4.69, 9.17) is 10.7 Å². The van der Waals surface area contributed by atoms with Crippen molar-refractivity contribution < 1.29 is 0 Å². The lowest BCUT2D eigenvalue weighted by molar-refractivity contribution is 0.564. The zero-order chi connectivity index (χ0) is 13.2. The summed E-state index contributed by atoms with van der Waals surface area (Å²) in [5.74, 6) is 0.642. The molecule has 0 atom stereocenters. The second kappa shape index (κ2) is 5.36. The van der Waals surface area contributed by atoms with Crippen molar-refractivity contribution in [3.63, 3.8) is 0 Å². The first-order chi connectivity index (χ1) is 7.75. The number of nitrogens with zero attached hydrogens (tertiary/aromatic N) is 2. The Morgan fingerprint density at radius 3 is 2.29 bits per heavy atom. The number of aromatic nitrogens is 1. The summed E-state index contributed by atoms with van der Waals surface area (Å²) < 4.78 is 0. The average molecular weight is 255 g/mol. The van der Waals surface area contributed by atoms with Gasteiger partial charge in [0.05, 0.1) is 5.69 Å². The van der Waals surface area contributed by atoms with E-state index in [2.05, 4.69) is 46.6 Å². The summed E-state index contributed by atoms with van der Waals surface area (Å²) in [4.78, 5) is 8.21. The smallest absolute Gasteiger partial charge is 0.185 e. The van der Waals surface area contributed by atoms with Gasteiger partial charge in [0.1, 0.15) is 0 Å². The number of nitrogens with two attached hydrogens (primary N) is 1. The number of hydrogen-bond acceptors (Lipinski definition) is 4. The molecule has 17 heavy (non-hydrogen) atoms. The van der Waals surface area contributed by atoms with Crippen LogP contribution in [-0.2, 0) is 12.0 Å². The van der Waals surface area contributed by atoms with Crippen LogP contribution < -0.4 is 10.6 Å². The molecule has 0 radical (unpaired) electrons. The Morgan fingerprint density at radius 2 is 1.94 bits per heavy atom. The van der Waals surface area contributed by atoms with Crippen LogP contribution in [0.1, 0.15) is 45.2 Å². The number of thiazole rings is 1. The van der Waals surface area contributed by atoms with Gasteiger partial charge in [-0.05, 0) is 5.92 Å². The number of hydrogen-bond donors (Lipinski definition) is 1. The first kappa shape index (κ1) is 14.5. The molecule has 4 heteroatoms. The molecule has 98 valence electrons. The van der Waals surface area contributed by atoms with Crippen molar-refractivity contribution in [2.45, 2.75) is 46.6 Å². The Hall–Kier alpha value is -0.610. The molecule has 3 nitrogen and oxygen atoms in total. The summed E-state index contributed by atoms with van der Waals surface area (Å²) in [5.41, 5.74) is 7.03. The molecular weight excluding hydrogens is 230 g/mol. The van der Waals surface area contributed by atoms with Crippen LogP contribution in [0.2, 0.25) is 0 Å². The van der Waals surface area contributed by atoms with Crippen LogP contribution in [-0.4, -0.2) is 18.6 Å². The molecule has 0 unspecified atom stereocenters. The molecule has 1 heterocycles. The Morgan fingerprint density at radius 1 is 1.35 bits per heavy atom. The second-order valence-electron chi connectivity index (χ2n) is 6.00.